The standard InChI is InChI=1S/C28H20F3N3O7/c29-28(30,31)16-6-4-13(5-7-16)19-12-41-24-17(14-2-1-3-15(10-14)25(32)38)8-9-18-22(24)34(19)27(40)21(23(18)37)26(39)33-11-20(35)36/h1-10,19,37H,11-12H2,(H2,32,38)(H,33,39)(H,35,36). The first-order valence-corrected chi connectivity index (χ1v) is 12.0. The minimum Gasteiger partial charge on any atom is -0.506 e. The summed E-state index contributed by atoms with van der Waals surface area (Å²) in [5.74, 6) is -3.85. The molecule has 4 aromatic rings. The third-order valence-corrected chi connectivity index (χ3v) is 6.70. The molecule has 41 heavy (non-hydrogen) atoms. The number of pyridine rings is 1. The van der Waals surface area contributed by atoms with Gasteiger partial charge in [-0.25, -0.2) is 0 Å². The molecule has 2 amide bonds. The van der Waals surface area contributed by atoms with Crippen molar-refractivity contribution in [3.63, 3.8) is 0 Å². The summed E-state index contributed by atoms with van der Waals surface area (Å²) < 4.78 is 46.7. The van der Waals surface area contributed by atoms with E-state index in [0.29, 0.717) is 11.1 Å². The number of nitrogens with two attached hydrogens (primary N) is 1. The fraction of sp³-hybridized carbons (Fsp3) is 0.143. The zero-order valence-electron chi connectivity index (χ0n) is 20.9. The van der Waals surface area contributed by atoms with Crippen LogP contribution in [0.5, 0.6) is 11.5 Å². The van der Waals surface area contributed by atoms with Gasteiger partial charge >= 0.3 is 12.1 Å². The summed E-state index contributed by atoms with van der Waals surface area (Å²) in [5.41, 5.74) is 4.11. The van der Waals surface area contributed by atoms with E-state index < -0.39 is 59.0 Å². The van der Waals surface area contributed by atoms with Gasteiger partial charge in [0.15, 0.2) is 5.75 Å². The number of ether oxygens (including phenoxy) is 1. The molecule has 13 heteroatoms. The van der Waals surface area contributed by atoms with E-state index in [0.717, 1.165) is 16.7 Å². The van der Waals surface area contributed by atoms with Crippen LogP contribution in [0.2, 0.25) is 0 Å². The molecular formula is C28H20F3N3O7. The minimum absolute atomic E-state index is 0.00788. The summed E-state index contributed by atoms with van der Waals surface area (Å²) >= 11 is 0. The molecule has 1 unspecified atom stereocenters. The number of carboxylic acid groups (broad SMARTS) is 1. The molecule has 0 radical (unpaired) electrons. The normalized spacial score (nSPS) is 14.4. The first kappa shape index (κ1) is 27.2. The first-order chi connectivity index (χ1) is 19.4. The summed E-state index contributed by atoms with van der Waals surface area (Å²) in [6, 6.07) is 12.2. The fourth-order valence-electron chi connectivity index (χ4n) is 4.80. The fourth-order valence-corrected chi connectivity index (χ4v) is 4.80. The highest BCUT2D eigenvalue weighted by Gasteiger charge is 2.34. The Balaban J connectivity index is 1.78. The molecule has 0 saturated carbocycles. The van der Waals surface area contributed by atoms with Crippen LogP contribution >= 0.6 is 0 Å². The number of carbonyl (C=O) groups is 3. The van der Waals surface area contributed by atoms with Gasteiger partial charge in [0.2, 0.25) is 5.91 Å². The van der Waals surface area contributed by atoms with Crippen molar-refractivity contribution < 1.29 is 42.5 Å². The van der Waals surface area contributed by atoms with Crippen molar-refractivity contribution in [3.8, 4) is 22.6 Å². The lowest BCUT2D eigenvalue weighted by Gasteiger charge is -2.31. The molecular weight excluding hydrogens is 547 g/mol. The lowest BCUT2D eigenvalue weighted by molar-refractivity contribution is -0.138. The average molecular weight is 567 g/mol. The number of carboxylic acids is 1. The van der Waals surface area contributed by atoms with Crippen LogP contribution in [0, 0.1) is 0 Å². The van der Waals surface area contributed by atoms with Gasteiger partial charge < -0.3 is 26.0 Å². The third kappa shape index (κ3) is 4.81. The number of carbonyl (C=O) groups excluding carboxylic acids is 2. The molecule has 0 fully saturated rings. The van der Waals surface area contributed by atoms with E-state index in [-0.39, 0.29) is 34.4 Å². The molecule has 0 spiro atoms. The Bertz CT molecular complexity index is 1800. The summed E-state index contributed by atoms with van der Waals surface area (Å²) in [4.78, 5) is 49.4. The average Bonchev–Trinajstić information content (AvgIpc) is 2.94. The Kier molecular flexibility index (Phi) is 6.65. The van der Waals surface area contributed by atoms with Gasteiger partial charge in [0.25, 0.3) is 11.5 Å². The van der Waals surface area contributed by atoms with Crippen LogP contribution in [0.15, 0.2) is 65.5 Å². The van der Waals surface area contributed by atoms with Crippen LogP contribution in [-0.4, -0.2) is 45.7 Å². The van der Waals surface area contributed by atoms with E-state index in [1.54, 1.807) is 12.1 Å². The van der Waals surface area contributed by atoms with Gasteiger partial charge in [-0.15, -0.1) is 0 Å². The van der Waals surface area contributed by atoms with Crippen LogP contribution in [0.25, 0.3) is 22.0 Å². The van der Waals surface area contributed by atoms with Crippen molar-refractivity contribution in [2.24, 2.45) is 5.73 Å². The third-order valence-electron chi connectivity index (χ3n) is 6.70. The van der Waals surface area contributed by atoms with Crippen LogP contribution in [0.1, 0.15) is 37.9 Å². The molecule has 1 aliphatic rings. The van der Waals surface area contributed by atoms with Crippen molar-refractivity contribution in [2.75, 3.05) is 13.2 Å². The largest absolute Gasteiger partial charge is 0.506 e. The van der Waals surface area contributed by atoms with Crippen molar-refractivity contribution in [1.29, 1.82) is 0 Å². The van der Waals surface area contributed by atoms with Crippen molar-refractivity contribution in [2.45, 2.75) is 12.2 Å². The Morgan fingerprint density at radius 3 is 2.41 bits per heavy atom. The Morgan fingerprint density at radius 1 is 1.07 bits per heavy atom. The van der Waals surface area contributed by atoms with E-state index in [1.807, 2.05) is 5.32 Å². The maximum atomic E-state index is 13.8. The van der Waals surface area contributed by atoms with Gasteiger partial charge in [-0.1, -0.05) is 24.3 Å². The Morgan fingerprint density at radius 2 is 1.78 bits per heavy atom. The topological polar surface area (TPSA) is 161 Å². The number of nitrogens with one attached hydrogen (secondary N) is 1. The highest BCUT2D eigenvalue weighted by atomic mass is 19.4. The van der Waals surface area contributed by atoms with E-state index in [2.05, 4.69) is 0 Å². The first-order valence-electron chi connectivity index (χ1n) is 12.0. The molecule has 2 heterocycles. The van der Waals surface area contributed by atoms with Crippen LogP contribution in [0.3, 0.4) is 0 Å². The van der Waals surface area contributed by atoms with Crippen molar-refractivity contribution in [3.05, 3.63) is 93.3 Å². The zero-order valence-corrected chi connectivity index (χ0v) is 20.9. The Hall–Kier alpha value is -5.33. The number of halogens is 3. The van der Waals surface area contributed by atoms with Gasteiger partial charge in [0, 0.05) is 16.5 Å². The van der Waals surface area contributed by atoms with Gasteiger partial charge in [-0.05, 0) is 47.5 Å². The van der Waals surface area contributed by atoms with Gasteiger partial charge in [0.1, 0.15) is 24.5 Å². The van der Waals surface area contributed by atoms with Crippen LogP contribution in [-0.2, 0) is 11.0 Å². The van der Waals surface area contributed by atoms with Crippen molar-refractivity contribution >= 4 is 28.7 Å². The number of hydrogen-bond donors (Lipinski definition) is 4. The zero-order chi connectivity index (χ0) is 29.6. The number of nitrogens with zero attached hydrogens (tertiary/aromatic N) is 1. The highest BCUT2D eigenvalue weighted by Crippen LogP contribution is 2.44. The predicted octanol–water partition coefficient (Wildman–Crippen LogP) is 3.29. The SMILES string of the molecule is NC(=O)c1cccc(-c2ccc3c(O)c(C(=O)NCC(=O)O)c(=O)n4c3c2OCC4c2ccc(C(F)(F)F)cc2)c1. The van der Waals surface area contributed by atoms with E-state index >= 15 is 0 Å². The van der Waals surface area contributed by atoms with E-state index in [9.17, 15) is 37.5 Å². The molecule has 5 rings (SSSR count). The molecule has 10 nitrogen and oxygen atoms in total. The number of benzene rings is 3. The maximum Gasteiger partial charge on any atom is 0.416 e. The second-order valence-electron chi connectivity index (χ2n) is 9.21. The number of primary amides is 1. The van der Waals surface area contributed by atoms with Gasteiger partial charge in [-0.3, -0.25) is 23.7 Å². The van der Waals surface area contributed by atoms with Crippen molar-refractivity contribution in [1.82, 2.24) is 9.88 Å². The summed E-state index contributed by atoms with van der Waals surface area (Å²) in [6.45, 7) is -1.08. The summed E-state index contributed by atoms with van der Waals surface area (Å²) in [6.07, 6.45) is -4.60. The predicted molar refractivity (Wildman–Crippen MR) is 139 cm³/mol. The smallest absolute Gasteiger partial charge is 0.416 e. The molecule has 0 aliphatic carbocycles. The summed E-state index contributed by atoms with van der Waals surface area (Å²) in [5, 5.41) is 22.0. The molecule has 1 atom stereocenters. The molecule has 3 aromatic carbocycles. The van der Waals surface area contributed by atoms with Gasteiger partial charge in [-0.2, -0.15) is 13.2 Å². The second kappa shape index (κ2) is 10.0. The maximum absolute atomic E-state index is 13.8. The molecule has 1 aliphatic heterocycles. The molecule has 0 saturated heterocycles. The number of aromatic hydroxyl groups is 1. The molecule has 5 N–H and O–H groups in total. The highest BCUT2D eigenvalue weighted by molar-refractivity contribution is 6.06. The number of alkyl halides is 3. The number of aromatic nitrogens is 1. The molecule has 0 bridgehead atoms. The minimum atomic E-state index is -4.60. The lowest BCUT2D eigenvalue weighted by Crippen LogP contribution is -2.39. The second-order valence-corrected chi connectivity index (χ2v) is 9.21. The Labute approximate surface area is 228 Å². The number of hydrogen-bond acceptors (Lipinski definition) is 6. The van der Waals surface area contributed by atoms with Crippen LogP contribution in [0.4, 0.5) is 13.2 Å². The van der Waals surface area contributed by atoms with Crippen LogP contribution < -0.4 is 21.3 Å². The number of amides is 2. The molecule has 1 aromatic heterocycles. The van der Waals surface area contributed by atoms with E-state index in [1.165, 1.54) is 36.4 Å². The number of aliphatic carboxylic acids is 1. The quantitative estimate of drug-likeness (QED) is 0.278. The van der Waals surface area contributed by atoms with E-state index in [4.69, 9.17) is 15.6 Å². The molecule has 210 valence electrons. The number of rotatable bonds is 6. The monoisotopic (exact) mass is 567 g/mol. The lowest BCUT2D eigenvalue weighted by atomic mass is 9.96. The summed E-state index contributed by atoms with van der Waals surface area (Å²) in [7, 11) is 0. The van der Waals surface area contributed by atoms with Gasteiger partial charge in [0.05, 0.1) is 17.1 Å².